The van der Waals surface area contributed by atoms with Crippen LogP contribution >= 0.6 is 0 Å². The van der Waals surface area contributed by atoms with E-state index in [9.17, 15) is 4.79 Å². The van der Waals surface area contributed by atoms with Gasteiger partial charge in [0, 0.05) is 6.92 Å². The third-order valence-corrected chi connectivity index (χ3v) is 3.71. The van der Waals surface area contributed by atoms with Crippen LogP contribution < -0.4 is 0 Å². The molecule has 0 saturated heterocycles. The monoisotopic (exact) mass is 296 g/mol. The predicted octanol–water partition coefficient (Wildman–Crippen LogP) is 6.20. The van der Waals surface area contributed by atoms with E-state index in [1.165, 1.54) is 84.0 Å². The molecule has 0 atom stereocenters. The molecule has 0 aliphatic carbocycles. The molecule has 2 heteroatoms. The van der Waals surface area contributed by atoms with Gasteiger partial charge in [0.05, 0.1) is 6.61 Å². The summed E-state index contributed by atoms with van der Waals surface area (Å²) in [6.45, 7) is 4.33. The van der Waals surface area contributed by atoms with Crippen molar-refractivity contribution in [1.82, 2.24) is 0 Å². The molecule has 0 amide bonds. The molecule has 0 spiro atoms. The van der Waals surface area contributed by atoms with Crippen LogP contribution in [0.1, 0.15) is 97.3 Å². The molecule has 2 nitrogen and oxygen atoms in total. The second kappa shape index (κ2) is 17.3. The first-order chi connectivity index (χ1) is 10.3. The fourth-order valence-corrected chi connectivity index (χ4v) is 2.39. The summed E-state index contributed by atoms with van der Waals surface area (Å²) in [4.78, 5) is 10.6. The number of hydrogen-bond acceptors (Lipinski definition) is 2. The van der Waals surface area contributed by atoms with E-state index in [-0.39, 0.29) is 5.97 Å². The standard InChI is InChI=1S/C19H36O2/c1-3-4-5-6-7-8-9-10-11-12-13-14-15-16-17-18-21-19(2)20/h10-11H,3-9,12-18H2,1-2H3/b11-10+. The van der Waals surface area contributed by atoms with Crippen LogP contribution in [0.4, 0.5) is 0 Å². The molecule has 0 aliphatic rings. The van der Waals surface area contributed by atoms with Gasteiger partial charge in [0.15, 0.2) is 0 Å². The molecule has 0 aromatic heterocycles. The van der Waals surface area contributed by atoms with Gasteiger partial charge in [0.25, 0.3) is 0 Å². The van der Waals surface area contributed by atoms with E-state index < -0.39 is 0 Å². The number of allylic oxidation sites excluding steroid dienone is 2. The predicted molar refractivity (Wildman–Crippen MR) is 91.5 cm³/mol. The second-order valence-corrected chi connectivity index (χ2v) is 5.92. The minimum absolute atomic E-state index is 0.162. The van der Waals surface area contributed by atoms with Crippen molar-refractivity contribution in [3.63, 3.8) is 0 Å². The first-order valence-electron chi connectivity index (χ1n) is 9.05. The lowest BCUT2D eigenvalue weighted by Gasteiger charge is -2.01. The third kappa shape index (κ3) is 19.2. The molecule has 0 aromatic rings. The van der Waals surface area contributed by atoms with Crippen molar-refractivity contribution in [3.8, 4) is 0 Å². The van der Waals surface area contributed by atoms with E-state index in [0.717, 1.165) is 6.42 Å². The average Bonchev–Trinajstić information content (AvgIpc) is 2.46. The zero-order valence-corrected chi connectivity index (χ0v) is 14.4. The summed E-state index contributed by atoms with van der Waals surface area (Å²) >= 11 is 0. The van der Waals surface area contributed by atoms with E-state index in [2.05, 4.69) is 19.1 Å². The van der Waals surface area contributed by atoms with Crippen LogP contribution in [0.2, 0.25) is 0 Å². The Morgan fingerprint density at radius 3 is 1.76 bits per heavy atom. The molecule has 0 aromatic carbocycles. The van der Waals surface area contributed by atoms with E-state index in [4.69, 9.17) is 4.74 Å². The maximum Gasteiger partial charge on any atom is 0.302 e. The SMILES string of the molecule is CCCCCCCC/C=C/CCCCCCCOC(C)=O. The normalized spacial score (nSPS) is 11.1. The van der Waals surface area contributed by atoms with Gasteiger partial charge in [-0.3, -0.25) is 4.79 Å². The molecule has 0 fully saturated rings. The molecule has 0 unspecified atom stereocenters. The van der Waals surface area contributed by atoms with Crippen LogP contribution in [0, 0.1) is 0 Å². The first-order valence-corrected chi connectivity index (χ1v) is 9.05. The smallest absolute Gasteiger partial charge is 0.302 e. The molecular formula is C19H36O2. The summed E-state index contributed by atoms with van der Waals surface area (Å²) in [6.07, 6.45) is 21.5. The average molecular weight is 296 g/mol. The van der Waals surface area contributed by atoms with Crippen molar-refractivity contribution in [2.45, 2.75) is 97.3 Å². The second-order valence-electron chi connectivity index (χ2n) is 5.92. The highest BCUT2D eigenvalue weighted by atomic mass is 16.5. The highest BCUT2D eigenvalue weighted by Crippen LogP contribution is 2.09. The number of hydrogen-bond donors (Lipinski definition) is 0. The molecule has 0 bridgehead atoms. The van der Waals surface area contributed by atoms with Gasteiger partial charge in [-0.25, -0.2) is 0 Å². The lowest BCUT2D eigenvalue weighted by Crippen LogP contribution is -1.99. The highest BCUT2D eigenvalue weighted by Gasteiger charge is 1.93. The van der Waals surface area contributed by atoms with Crippen LogP contribution in [0.3, 0.4) is 0 Å². The summed E-state index contributed by atoms with van der Waals surface area (Å²) in [5.41, 5.74) is 0. The maximum atomic E-state index is 10.6. The Balaban J connectivity index is 3.07. The van der Waals surface area contributed by atoms with Gasteiger partial charge in [-0.05, 0) is 32.1 Å². The Hall–Kier alpha value is -0.790. The Kier molecular flexibility index (Phi) is 16.6. The van der Waals surface area contributed by atoms with E-state index >= 15 is 0 Å². The molecule has 0 N–H and O–H groups in total. The summed E-state index contributed by atoms with van der Waals surface area (Å²) < 4.78 is 4.91. The Morgan fingerprint density at radius 2 is 1.24 bits per heavy atom. The van der Waals surface area contributed by atoms with Crippen molar-refractivity contribution >= 4 is 5.97 Å². The lowest BCUT2D eigenvalue weighted by atomic mass is 10.1. The number of carbonyl (C=O) groups is 1. The molecule has 0 heterocycles. The number of unbranched alkanes of at least 4 members (excludes halogenated alkanes) is 11. The Labute approximate surface area is 132 Å². The van der Waals surface area contributed by atoms with Crippen molar-refractivity contribution in [3.05, 3.63) is 12.2 Å². The van der Waals surface area contributed by atoms with Gasteiger partial charge in [-0.15, -0.1) is 0 Å². The van der Waals surface area contributed by atoms with E-state index in [0.29, 0.717) is 6.61 Å². The van der Waals surface area contributed by atoms with Gasteiger partial charge in [0.2, 0.25) is 0 Å². The number of rotatable bonds is 15. The van der Waals surface area contributed by atoms with Gasteiger partial charge >= 0.3 is 5.97 Å². The summed E-state index contributed by atoms with van der Waals surface area (Å²) in [5, 5.41) is 0. The van der Waals surface area contributed by atoms with Crippen LogP contribution in [0.25, 0.3) is 0 Å². The van der Waals surface area contributed by atoms with Crippen LogP contribution in [0.5, 0.6) is 0 Å². The quantitative estimate of drug-likeness (QED) is 0.204. The highest BCUT2D eigenvalue weighted by molar-refractivity contribution is 5.65. The van der Waals surface area contributed by atoms with Crippen LogP contribution in [0.15, 0.2) is 12.2 Å². The molecule has 0 rings (SSSR count). The zero-order valence-electron chi connectivity index (χ0n) is 14.4. The van der Waals surface area contributed by atoms with Gasteiger partial charge < -0.3 is 4.74 Å². The minimum Gasteiger partial charge on any atom is -0.466 e. The molecule has 21 heavy (non-hydrogen) atoms. The maximum absolute atomic E-state index is 10.6. The summed E-state index contributed by atoms with van der Waals surface area (Å²) in [5.74, 6) is -0.162. The fourth-order valence-electron chi connectivity index (χ4n) is 2.39. The number of ether oxygens (including phenoxy) is 1. The topological polar surface area (TPSA) is 26.3 Å². The molecule has 124 valence electrons. The summed E-state index contributed by atoms with van der Waals surface area (Å²) in [7, 11) is 0. The summed E-state index contributed by atoms with van der Waals surface area (Å²) in [6, 6.07) is 0. The molecule has 0 aliphatic heterocycles. The number of esters is 1. The Bertz CT molecular complexity index is 246. The van der Waals surface area contributed by atoms with Crippen molar-refractivity contribution in [1.29, 1.82) is 0 Å². The third-order valence-electron chi connectivity index (χ3n) is 3.71. The van der Waals surface area contributed by atoms with Crippen molar-refractivity contribution < 1.29 is 9.53 Å². The fraction of sp³-hybridized carbons (Fsp3) is 0.842. The van der Waals surface area contributed by atoms with E-state index in [1.807, 2.05) is 0 Å². The molecular weight excluding hydrogens is 260 g/mol. The lowest BCUT2D eigenvalue weighted by molar-refractivity contribution is -0.141. The van der Waals surface area contributed by atoms with Crippen molar-refractivity contribution in [2.24, 2.45) is 0 Å². The van der Waals surface area contributed by atoms with E-state index in [1.54, 1.807) is 0 Å². The van der Waals surface area contributed by atoms with Gasteiger partial charge in [0.1, 0.15) is 0 Å². The first kappa shape index (κ1) is 20.2. The zero-order chi connectivity index (χ0) is 15.6. The minimum atomic E-state index is -0.162. The Morgan fingerprint density at radius 1 is 0.762 bits per heavy atom. The van der Waals surface area contributed by atoms with Gasteiger partial charge in [-0.2, -0.15) is 0 Å². The molecule has 0 saturated carbocycles. The number of carbonyl (C=O) groups excluding carboxylic acids is 1. The van der Waals surface area contributed by atoms with Crippen LogP contribution in [-0.2, 0) is 9.53 Å². The largest absolute Gasteiger partial charge is 0.466 e. The van der Waals surface area contributed by atoms with Gasteiger partial charge in [-0.1, -0.05) is 70.4 Å². The molecule has 0 radical (unpaired) electrons. The van der Waals surface area contributed by atoms with Crippen molar-refractivity contribution in [2.75, 3.05) is 6.61 Å². The van der Waals surface area contributed by atoms with Crippen LogP contribution in [-0.4, -0.2) is 12.6 Å².